The van der Waals surface area contributed by atoms with E-state index in [1.54, 1.807) is 5.32 Å². The number of urea groups is 1. The quantitative estimate of drug-likeness (QED) is 0.685. The van der Waals surface area contributed by atoms with Crippen molar-refractivity contribution in [2.75, 3.05) is 20.3 Å². The van der Waals surface area contributed by atoms with Crippen LogP contribution in [-0.2, 0) is 9.53 Å². The van der Waals surface area contributed by atoms with E-state index in [2.05, 4.69) is 15.9 Å². The van der Waals surface area contributed by atoms with Crippen LogP contribution in [0.1, 0.15) is 23.7 Å². The first-order valence-electron chi connectivity index (χ1n) is 6.65. The van der Waals surface area contributed by atoms with E-state index < -0.39 is 24.5 Å². The van der Waals surface area contributed by atoms with Gasteiger partial charge in [-0.25, -0.2) is 9.59 Å². The van der Waals surface area contributed by atoms with Crippen molar-refractivity contribution in [1.29, 1.82) is 0 Å². The number of amides is 3. The lowest BCUT2D eigenvalue weighted by molar-refractivity contribution is -0.123. The van der Waals surface area contributed by atoms with Crippen LogP contribution >= 0.6 is 15.9 Å². The van der Waals surface area contributed by atoms with Crippen LogP contribution in [0.25, 0.3) is 0 Å². The molecule has 1 aromatic rings. The maximum absolute atomic E-state index is 11.9. The molecule has 9 heteroatoms. The molecule has 0 saturated heterocycles. The van der Waals surface area contributed by atoms with E-state index in [0.29, 0.717) is 22.6 Å². The van der Waals surface area contributed by atoms with Crippen LogP contribution < -0.4 is 20.5 Å². The van der Waals surface area contributed by atoms with Crippen molar-refractivity contribution in [1.82, 2.24) is 5.32 Å². The molecular weight excluding hydrogens is 372 g/mol. The van der Waals surface area contributed by atoms with Gasteiger partial charge in [-0.15, -0.1) is 0 Å². The summed E-state index contributed by atoms with van der Waals surface area (Å²) in [5.74, 6) is -0.760. The van der Waals surface area contributed by atoms with E-state index in [-0.39, 0.29) is 5.56 Å². The number of benzene rings is 1. The monoisotopic (exact) mass is 388 g/mol. The molecule has 0 bridgehead atoms. The van der Waals surface area contributed by atoms with E-state index in [9.17, 15) is 14.4 Å². The lowest BCUT2D eigenvalue weighted by Gasteiger charge is -2.13. The maximum atomic E-state index is 11.9. The van der Waals surface area contributed by atoms with Gasteiger partial charge in [-0.3, -0.25) is 10.1 Å². The number of carbonyl (C=O) groups is 3. The molecule has 3 N–H and O–H groups in total. The Labute approximate surface area is 141 Å². The first kappa shape index (κ1) is 18.8. The van der Waals surface area contributed by atoms with Crippen molar-refractivity contribution in [3.8, 4) is 11.5 Å². The fraction of sp³-hybridized carbons (Fsp3) is 0.357. The van der Waals surface area contributed by atoms with Crippen molar-refractivity contribution in [2.24, 2.45) is 5.73 Å². The number of carbonyl (C=O) groups excluding carboxylic acids is 3. The fourth-order valence-corrected chi connectivity index (χ4v) is 2.13. The highest BCUT2D eigenvalue weighted by atomic mass is 79.9. The molecule has 0 aliphatic rings. The normalized spacial score (nSPS) is 9.87. The Morgan fingerprint density at radius 3 is 2.57 bits per heavy atom. The number of nitrogens with one attached hydrogen (secondary N) is 1. The van der Waals surface area contributed by atoms with E-state index >= 15 is 0 Å². The summed E-state index contributed by atoms with van der Waals surface area (Å²) < 4.78 is 16.0. The number of hydrogen-bond donors (Lipinski definition) is 2. The van der Waals surface area contributed by atoms with Crippen LogP contribution in [0.5, 0.6) is 11.5 Å². The number of rotatable bonds is 7. The van der Waals surface area contributed by atoms with Gasteiger partial charge in [-0.2, -0.15) is 0 Å². The lowest BCUT2D eigenvalue weighted by Crippen LogP contribution is -2.37. The Morgan fingerprint density at radius 1 is 1.30 bits per heavy atom. The molecule has 3 amide bonds. The predicted molar refractivity (Wildman–Crippen MR) is 84.5 cm³/mol. The van der Waals surface area contributed by atoms with Crippen molar-refractivity contribution >= 4 is 33.8 Å². The number of hydrogen-bond acceptors (Lipinski definition) is 6. The van der Waals surface area contributed by atoms with Gasteiger partial charge >= 0.3 is 12.0 Å². The SMILES string of the molecule is CCCOc1c(Br)cc(C(=O)OCC(=O)NC(N)=O)cc1OC. The number of nitrogens with two attached hydrogens (primary N) is 1. The Kier molecular flexibility index (Phi) is 7.33. The molecule has 126 valence electrons. The second kappa shape index (κ2) is 8.99. The Bertz CT molecular complexity index is 605. The third-order valence-electron chi connectivity index (χ3n) is 2.51. The van der Waals surface area contributed by atoms with Gasteiger partial charge in [0.05, 0.1) is 23.8 Å². The van der Waals surface area contributed by atoms with Gasteiger partial charge in [0.1, 0.15) is 0 Å². The van der Waals surface area contributed by atoms with Crippen LogP contribution in [0.2, 0.25) is 0 Å². The molecule has 8 nitrogen and oxygen atoms in total. The average Bonchev–Trinajstić information content (AvgIpc) is 2.50. The second-order valence-electron chi connectivity index (χ2n) is 4.33. The molecule has 0 spiro atoms. The minimum absolute atomic E-state index is 0.157. The Hall–Kier alpha value is -2.29. The van der Waals surface area contributed by atoms with Crippen molar-refractivity contribution in [3.05, 3.63) is 22.2 Å². The van der Waals surface area contributed by atoms with Crippen LogP contribution in [-0.4, -0.2) is 38.2 Å². The molecule has 0 aromatic heterocycles. The standard InChI is InChI=1S/C14H17BrN2O6/c1-3-4-22-12-9(15)5-8(6-10(12)21-2)13(19)23-7-11(18)17-14(16)20/h5-6H,3-4,7H2,1-2H3,(H3,16,17,18,20). The Morgan fingerprint density at radius 2 is 2.00 bits per heavy atom. The largest absolute Gasteiger partial charge is 0.493 e. The van der Waals surface area contributed by atoms with Crippen molar-refractivity contribution in [2.45, 2.75) is 13.3 Å². The number of esters is 1. The highest BCUT2D eigenvalue weighted by molar-refractivity contribution is 9.10. The molecule has 0 heterocycles. The molecule has 0 radical (unpaired) electrons. The smallest absolute Gasteiger partial charge is 0.338 e. The Balaban J connectivity index is 2.83. The van der Waals surface area contributed by atoms with Gasteiger partial charge in [0.15, 0.2) is 18.1 Å². The summed E-state index contributed by atoms with van der Waals surface area (Å²) in [6.07, 6.45) is 0.814. The average molecular weight is 389 g/mol. The van der Waals surface area contributed by atoms with Crippen LogP contribution in [0.4, 0.5) is 4.79 Å². The number of methoxy groups -OCH3 is 1. The third kappa shape index (κ3) is 5.78. The summed E-state index contributed by atoms with van der Waals surface area (Å²) in [7, 11) is 1.44. The highest BCUT2D eigenvalue weighted by Crippen LogP contribution is 2.36. The minimum atomic E-state index is -1.02. The lowest BCUT2D eigenvalue weighted by atomic mass is 10.2. The first-order valence-corrected chi connectivity index (χ1v) is 7.45. The van der Waals surface area contributed by atoms with Crippen LogP contribution in [0, 0.1) is 0 Å². The van der Waals surface area contributed by atoms with Crippen LogP contribution in [0.3, 0.4) is 0 Å². The zero-order valence-electron chi connectivity index (χ0n) is 12.7. The van der Waals surface area contributed by atoms with Gasteiger partial charge in [0, 0.05) is 0 Å². The minimum Gasteiger partial charge on any atom is -0.493 e. The zero-order chi connectivity index (χ0) is 17.4. The maximum Gasteiger partial charge on any atom is 0.338 e. The van der Waals surface area contributed by atoms with Gasteiger partial charge in [0.2, 0.25) is 0 Å². The summed E-state index contributed by atoms with van der Waals surface area (Å²) in [4.78, 5) is 33.6. The van der Waals surface area contributed by atoms with E-state index in [1.807, 2.05) is 6.92 Å². The van der Waals surface area contributed by atoms with E-state index in [1.165, 1.54) is 19.2 Å². The number of imide groups is 1. The molecule has 0 aliphatic carbocycles. The van der Waals surface area contributed by atoms with Gasteiger partial charge in [-0.05, 0) is 34.5 Å². The fourth-order valence-electron chi connectivity index (χ4n) is 1.57. The predicted octanol–water partition coefficient (Wildman–Crippen LogP) is 1.60. The molecule has 0 unspecified atom stereocenters. The summed E-state index contributed by atoms with van der Waals surface area (Å²) >= 11 is 3.30. The summed E-state index contributed by atoms with van der Waals surface area (Å²) in [6.45, 7) is 1.82. The molecule has 1 rings (SSSR count). The molecule has 1 aromatic carbocycles. The van der Waals surface area contributed by atoms with E-state index in [0.717, 1.165) is 6.42 Å². The third-order valence-corrected chi connectivity index (χ3v) is 3.10. The molecular formula is C14H17BrN2O6. The summed E-state index contributed by atoms with van der Waals surface area (Å²) in [5, 5.41) is 1.78. The van der Waals surface area contributed by atoms with Crippen molar-refractivity contribution < 1.29 is 28.6 Å². The second-order valence-corrected chi connectivity index (χ2v) is 5.18. The van der Waals surface area contributed by atoms with E-state index in [4.69, 9.17) is 19.9 Å². The summed E-state index contributed by atoms with van der Waals surface area (Å²) in [6, 6.07) is 1.90. The molecule has 0 aliphatic heterocycles. The number of halogens is 1. The molecule has 0 fully saturated rings. The molecule has 0 saturated carbocycles. The zero-order valence-corrected chi connectivity index (χ0v) is 14.3. The highest BCUT2D eigenvalue weighted by Gasteiger charge is 2.17. The number of ether oxygens (including phenoxy) is 3. The number of primary amides is 1. The summed E-state index contributed by atoms with van der Waals surface area (Å²) in [5.41, 5.74) is 4.93. The van der Waals surface area contributed by atoms with Crippen LogP contribution in [0.15, 0.2) is 16.6 Å². The van der Waals surface area contributed by atoms with Gasteiger partial charge in [-0.1, -0.05) is 6.92 Å². The first-order chi connectivity index (χ1) is 10.9. The van der Waals surface area contributed by atoms with Gasteiger partial charge < -0.3 is 19.9 Å². The van der Waals surface area contributed by atoms with Gasteiger partial charge in [0.25, 0.3) is 5.91 Å². The molecule has 0 atom stereocenters. The molecule has 23 heavy (non-hydrogen) atoms. The topological polar surface area (TPSA) is 117 Å². The van der Waals surface area contributed by atoms with Crippen molar-refractivity contribution in [3.63, 3.8) is 0 Å².